The molecule has 0 aliphatic rings. The summed E-state index contributed by atoms with van der Waals surface area (Å²) in [6.45, 7) is 0. The van der Waals surface area contributed by atoms with Crippen molar-refractivity contribution in [2.75, 3.05) is 0 Å². The van der Waals surface area contributed by atoms with Crippen molar-refractivity contribution in [1.29, 1.82) is 0 Å². The molecule has 4 heteroatoms. The molecule has 0 aliphatic heterocycles. The van der Waals surface area contributed by atoms with Gasteiger partial charge in [-0.1, -0.05) is 48.5 Å². The lowest BCUT2D eigenvalue weighted by Crippen LogP contribution is -2.05. The van der Waals surface area contributed by atoms with E-state index in [0.29, 0.717) is 16.5 Å². The second-order valence-electron chi connectivity index (χ2n) is 4.34. The molecule has 0 bridgehead atoms. The van der Waals surface area contributed by atoms with E-state index in [1.165, 1.54) is 0 Å². The Bertz CT molecular complexity index is 800. The molecule has 0 unspecified atom stereocenters. The van der Waals surface area contributed by atoms with Crippen molar-refractivity contribution in [1.82, 2.24) is 4.98 Å². The van der Waals surface area contributed by atoms with Crippen molar-refractivity contribution in [3.63, 3.8) is 0 Å². The number of hydrogen-bond donors (Lipinski definition) is 1. The summed E-state index contributed by atoms with van der Waals surface area (Å²) in [5, 5.41) is 9.89. The number of carbonyl (C=O) groups is 1. The summed E-state index contributed by atoms with van der Waals surface area (Å²) in [5.74, 6) is -1.94. The van der Waals surface area contributed by atoms with E-state index in [9.17, 15) is 14.3 Å². The highest BCUT2D eigenvalue weighted by Gasteiger charge is 2.21. The second kappa shape index (κ2) is 4.74. The summed E-state index contributed by atoms with van der Waals surface area (Å²) in [5.41, 5.74) is 0.804. The minimum atomic E-state index is -1.17. The summed E-state index contributed by atoms with van der Waals surface area (Å²) >= 11 is 0. The van der Waals surface area contributed by atoms with Crippen LogP contribution in [0, 0.1) is 5.95 Å². The Hall–Kier alpha value is -2.75. The summed E-state index contributed by atoms with van der Waals surface area (Å²) in [7, 11) is 0. The number of benzene rings is 2. The van der Waals surface area contributed by atoms with Crippen molar-refractivity contribution in [3.8, 4) is 11.1 Å². The molecular formula is C16H10FNO2. The van der Waals surface area contributed by atoms with Crippen LogP contribution in [0.25, 0.3) is 22.0 Å². The van der Waals surface area contributed by atoms with Gasteiger partial charge in [-0.2, -0.15) is 4.39 Å². The molecule has 0 radical (unpaired) electrons. The van der Waals surface area contributed by atoms with Gasteiger partial charge < -0.3 is 5.11 Å². The van der Waals surface area contributed by atoms with Gasteiger partial charge in [-0.25, -0.2) is 9.78 Å². The number of pyridine rings is 1. The number of aromatic nitrogens is 1. The number of carboxylic acids is 1. The topological polar surface area (TPSA) is 50.2 Å². The Labute approximate surface area is 114 Å². The van der Waals surface area contributed by atoms with Crippen LogP contribution in [0.2, 0.25) is 0 Å². The van der Waals surface area contributed by atoms with Crippen molar-refractivity contribution in [2.45, 2.75) is 0 Å². The first-order chi connectivity index (χ1) is 9.68. The molecule has 1 aromatic heterocycles. The fourth-order valence-corrected chi connectivity index (χ4v) is 2.27. The highest BCUT2D eigenvalue weighted by atomic mass is 19.1. The van der Waals surface area contributed by atoms with E-state index in [0.717, 1.165) is 0 Å². The highest BCUT2D eigenvalue weighted by molar-refractivity contribution is 6.08. The summed E-state index contributed by atoms with van der Waals surface area (Å²) in [6.07, 6.45) is 0. The molecule has 0 aliphatic carbocycles. The zero-order chi connectivity index (χ0) is 14.1. The van der Waals surface area contributed by atoms with Crippen LogP contribution in [0.5, 0.6) is 0 Å². The maximum atomic E-state index is 14.3. The smallest absolute Gasteiger partial charge is 0.337 e. The summed E-state index contributed by atoms with van der Waals surface area (Å²) < 4.78 is 14.3. The monoisotopic (exact) mass is 267 g/mol. The van der Waals surface area contributed by atoms with Gasteiger partial charge in [0, 0.05) is 5.39 Å². The number of carboxylic acid groups (broad SMARTS) is 1. The summed E-state index contributed by atoms with van der Waals surface area (Å²) in [4.78, 5) is 15.4. The van der Waals surface area contributed by atoms with Crippen LogP contribution in [0.1, 0.15) is 10.4 Å². The number of aromatic carboxylic acids is 1. The van der Waals surface area contributed by atoms with Crippen molar-refractivity contribution >= 4 is 16.9 Å². The Morgan fingerprint density at radius 1 is 1.00 bits per heavy atom. The van der Waals surface area contributed by atoms with Crippen LogP contribution >= 0.6 is 0 Å². The molecule has 1 N–H and O–H groups in total. The number of halogens is 1. The van der Waals surface area contributed by atoms with E-state index in [-0.39, 0.29) is 11.1 Å². The highest BCUT2D eigenvalue weighted by Crippen LogP contribution is 2.31. The van der Waals surface area contributed by atoms with Gasteiger partial charge in [0.2, 0.25) is 5.95 Å². The number of fused-ring (bicyclic) bond motifs is 1. The zero-order valence-corrected chi connectivity index (χ0v) is 10.4. The van der Waals surface area contributed by atoms with Crippen LogP contribution in [-0.2, 0) is 0 Å². The van der Waals surface area contributed by atoms with Gasteiger partial charge in [0.25, 0.3) is 0 Å². The molecule has 2 aromatic carbocycles. The molecule has 3 nitrogen and oxygen atoms in total. The third-order valence-electron chi connectivity index (χ3n) is 3.12. The van der Waals surface area contributed by atoms with E-state index in [1.54, 1.807) is 54.6 Å². The second-order valence-corrected chi connectivity index (χ2v) is 4.34. The molecule has 0 amide bonds. The molecule has 3 rings (SSSR count). The van der Waals surface area contributed by atoms with Crippen molar-refractivity contribution in [3.05, 3.63) is 66.1 Å². The van der Waals surface area contributed by atoms with Crippen LogP contribution in [-0.4, -0.2) is 16.1 Å². The number of para-hydroxylation sites is 1. The van der Waals surface area contributed by atoms with Gasteiger partial charge in [0.15, 0.2) is 0 Å². The minimum Gasteiger partial charge on any atom is -0.478 e. The van der Waals surface area contributed by atoms with Gasteiger partial charge in [0.05, 0.1) is 16.6 Å². The van der Waals surface area contributed by atoms with E-state index in [2.05, 4.69) is 4.98 Å². The van der Waals surface area contributed by atoms with Gasteiger partial charge in [-0.05, 0) is 11.6 Å². The maximum absolute atomic E-state index is 14.3. The van der Waals surface area contributed by atoms with Crippen LogP contribution in [0.4, 0.5) is 4.39 Å². The van der Waals surface area contributed by atoms with E-state index >= 15 is 0 Å². The number of nitrogens with zero attached hydrogens (tertiary/aromatic N) is 1. The molecule has 98 valence electrons. The van der Waals surface area contributed by atoms with Gasteiger partial charge in [-0.3, -0.25) is 0 Å². The molecule has 0 fully saturated rings. The lowest BCUT2D eigenvalue weighted by atomic mass is 9.97. The standard InChI is InChI=1S/C16H10FNO2/c17-15-13(10-6-2-1-3-7-10)14(16(19)20)11-8-4-5-9-12(11)18-15/h1-9H,(H,19,20). The largest absolute Gasteiger partial charge is 0.478 e. The molecule has 3 aromatic rings. The number of hydrogen-bond acceptors (Lipinski definition) is 2. The lowest BCUT2D eigenvalue weighted by Gasteiger charge is -2.10. The number of rotatable bonds is 2. The Morgan fingerprint density at radius 2 is 1.65 bits per heavy atom. The van der Waals surface area contributed by atoms with Gasteiger partial charge in [-0.15, -0.1) is 0 Å². The van der Waals surface area contributed by atoms with Crippen molar-refractivity contribution < 1.29 is 14.3 Å². The molecule has 0 atom stereocenters. The zero-order valence-electron chi connectivity index (χ0n) is 10.4. The van der Waals surface area contributed by atoms with Crippen LogP contribution < -0.4 is 0 Å². The molecular weight excluding hydrogens is 257 g/mol. The first-order valence-electron chi connectivity index (χ1n) is 6.05. The third kappa shape index (κ3) is 1.91. The van der Waals surface area contributed by atoms with Crippen LogP contribution in [0.15, 0.2) is 54.6 Å². The first-order valence-corrected chi connectivity index (χ1v) is 6.05. The molecule has 0 saturated carbocycles. The first kappa shape index (κ1) is 12.3. The normalized spacial score (nSPS) is 10.7. The average Bonchev–Trinajstić information content (AvgIpc) is 2.46. The summed E-state index contributed by atoms with van der Waals surface area (Å²) in [6, 6.07) is 15.2. The maximum Gasteiger partial charge on any atom is 0.337 e. The van der Waals surface area contributed by atoms with E-state index in [4.69, 9.17) is 0 Å². The van der Waals surface area contributed by atoms with E-state index in [1.807, 2.05) is 0 Å². The van der Waals surface area contributed by atoms with Gasteiger partial charge >= 0.3 is 5.97 Å². The Balaban J connectivity index is 2.45. The molecule has 0 saturated heterocycles. The quantitative estimate of drug-likeness (QED) is 0.719. The van der Waals surface area contributed by atoms with Crippen LogP contribution in [0.3, 0.4) is 0 Å². The fourth-order valence-electron chi connectivity index (χ4n) is 2.27. The predicted octanol–water partition coefficient (Wildman–Crippen LogP) is 3.74. The van der Waals surface area contributed by atoms with Crippen molar-refractivity contribution in [2.24, 2.45) is 0 Å². The Morgan fingerprint density at radius 3 is 2.35 bits per heavy atom. The third-order valence-corrected chi connectivity index (χ3v) is 3.12. The average molecular weight is 267 g/mol. The molecule has 0 spiro atoms. The fraction of sp³-hybridized carbons (Fsp3) is 0. The Kier molecular flexibility index (Phi) is 2.91. The molecule has 20 heavy (non-hydrogen) atoms. The molecule has 1 heterocycles. The predicted molar refractivity (Wildman–Crippen MR) is 74.1 cm³/mol. The van der Waals surface area contributed by atoms with Gasteiger partial charge in [0.1, 0.15) is 0 Å². The SMILES string of the molecule is O=C(O)c1c(-c2ccccc2)c(F)nc2ccccc12. The lowest BCUT2D eigenvalue weighted by molar-refractivity contribution is 0.0699. The minimum absolute atomic E-state index is 0.0248. The van der Waals surface area contributed by atoms with E-state index < -0.39 is 11.9 Å².